The monoisotopic (exact) mass is 835 g/mol. The van der Waals surface area contributed by atoms with E-state index in [2.05, 4.69) is 212 Å². The van der Waals surface area contributed by atoms with E-state index < -0.39 is 0 Å². The summed E-state index contributed by atoms with van der Waals surface area (Å²) < 4.78 is 9.37. The highest BCUT2D eigenvalue weighted by atomic mass is 32.1. The normalized spacial score (nSPS) is 14.1. The van der Waals surface area contributed by atoms with Crippen molar-refractivity contribution in [1.29, 1.82) is 0 Å². The van der Waals surface area contributed by atoms with Crippen LogP contribution < -0.4 is 5.32 Å². The number of benzene rings is 10. The molecule has 10 aromatic carbocycles. The molecule has 0 fully saturated rings. The zero-order chi connectivity index (χ0) is 42.1. The topological polar surface area (TPSA) is 49.9 Å². The number of rotatable bonds is 6. The number of nitrogens with zero attached hydrogens (tertiary/aromatic N) is 2. The van der Waals surface area contributed by atoms with Gasteiger partial charge in [-0.25, -0.2) is 9.98 Å². The van der Waals surface area contributed by atoms with Gasteiger partial charge in [0, 0.05) is 47.6 Å². The van der Waals surface area contributed by atoms with Crippen LogP contribution in [0.2, 0.25) is 0 Å². The summed E-state index contributed by atoms with van der Waals surface area (Å²) in [4.78, 5) is 10.5. The third-order valence-corrected chi connectivity index (χ3v) is 13.9. The van der Waals surface area contributed by atoms with Crippen LogP contribution in [0.4, 0.5) is 0 Å². The van der Waals surface area contributed by atoms with Gasteiger partial charge >= 0.3 is 0 Å². The fourth-order valence-corrected chi connectivity index (χ4v) is 10.6. The van der Waals surface area contributed by atoms with Crippen LogP contribution in [0.15, 0.2) is 227 Å². The summed E-state index contributed by atoms with van der Waals surface area (Å²) in [6, 6.07) is 75.8. The minimum Gasteiger partial charge on any atom is -0.455 e. The number of thiophene rings is 1. The maximum atomic E-state index is 6.79. The van der Waals surface area contributed by atoms with Gasteiger partial charge in [0.2, 0.25) is 0 Å². The summed E-state index contributed by atoms with van der Waals surface area (Å²) in [6.07, 6.45) is -0.357. The van der Waals surface area contributed by atoms with Gasteiger partial charge in [0.1, 0.15) is 23.2 Å². The minimum absolute atomic E-state index is 0.357. The number of para-hydroxylation sites is 1. The lowest BCUT2D eigenvalue weighted by molar-refractivity contribution is 0.670. The minimum atomic E-state index is -0.357. The molecular weight excluding hydrogens is 799 g/mol. The lowest BCUT2D eigenvalue weighted by atomic mass is 9.93. The summed E-state index contributed by atoms with van der Waals surface area (Å²) in [6.45, 7) is 0. The first-order valence-electron chi connectivity index (χ1n) is 21.6. The van der Waals surface area contributed by atoms with Crippen molar-refractivity contribution in [1.82, 2.24) is 5.32 Å². The van der Waals surface area contributed by atoms with Gasteiger partial charge in [-0.3, -0.25) is 0 Å². The zero-order valence-corrected chi connectivity index (χ0v) is 35.3. The first-order valence-corrected chi connectivity index (χ1v) is 22.5. The fraction of sp³-hybridized carbons (Fsp3) is 0.0169. The Balaban J connectivity index is 0.910. The van der Waals surface area contributed by atoms with Gasteiger partial charge in [-0.15, -0.1) is 11.3 Å². The van der Waals surface area contributed by atoms with Crippen molar-refractivity contribution in [3.8, 4) is 33.4 Å². The van der Waals surface area contributed by atoms with Crippen LogP contribution in [0.3, 0.4) is 0 Å². The number of hydrogen-bond donors (Lipinski definition) is 1. The summed E-state index contributed by atoms with van der Waals surface area (Å²) in [7, 11) is 0. The highest BCUT2D eigenvalue weighted by Crippen LogP contribution is 2.44. The average molecular weight is 836 g/mol. The van der Waals surface area contributed by atoms with Crippen molar-refractivity contribution in [2.24, 2.45) is 9.98 Å². The van der Waals surface area contributed by atoms with Gasteiger partial charge in [0.25, 0.3) is 0 Å². The third kappa shape index (κ3) is 6.20. The summed E-state index contributed by atoms with van der Waals surface area (Å²) in [5.74, 6) is 1.46. The lowest BCUT2D eigenvalue weighted by Crippen LogP contribution is -2.33. The Hall–Kier alpha value is -8.12. The molecule has 1 atom stereocenters. The standard InChI is InChI=1S/C59H37N3OS/c1-3-12-40-32-42(26-22-36(40)10-1)38-20-24-39(25-21-38)57-60-58(62-59(61-57)46-27-23-37-11-2-4-13-41(37)33-46)45-15-9-14-43(34-45)47-29-30-48(56-55(47)50-17-5-7-18-52(50)63-56)44-28-31-54-51(35-44)49-16-6-8-19-53(49)64-54/h1-35,57H,(H,60,61,62). The number of furan rings is 1. The number of hydrogen-bond acceptors (Lipinski definition) is 5. The number of fused-ring (bicyclic) bond motifs is 8. The van der Waals surface area contributed by atoms with Crippen molar-refractivity contribution < 1.29 is 4.42 Å². The smallest absolute Gasteiger partial charge is 0.159 e. The lowest BCUT2D eigenvalue weighted by Gasteiger charge is -2.24. The quantitative estimate of drug-likeness (QED) is 0.181. The van der Waals surface area contributed by atoms with Gasteiger partial charge in [-0.2, -0.15) is 0 Å². The van der Waals surface area contributed by atoms with Gasteiger partial charge in [-0.1, -0.05) is 164 Å². The third-order valence-electron chi connectivity index (χ3n) is 12.7. The van der Waals surface area contributed by atoms with Crippen LogP contribution in [-0.2, 0) is 0 Å². The van der Waals surface area contributed by atoms with E-state index in [4.69, 9.17) is 14.4 Å². The van der Waals surface area contributed by atoms with Crippen molar-refractivity contribution >= 4 is 86.7 Å². The van der Waals surface area contributed by atoms with E-state index in [9.17, 15) is 0 Å². The number of amidine groups is 2. The van der Waals surface area contributed by atoms with Crippen LogP contribution in [0.25, 0.3) is 97.0 Å². The van der Waals surface area contributed by atoms with E-state index in [1.807, 2.05) is 17.4 Å². The molecule has 0 spiro atoms. The van der Waals surface area contributed by atoms with Crippen LogP contribution in [0.1, 0.15) is 22.9 Å². The van der Waals surface area contributed by atoms with E-state index in [0.717, 1.165) is 77.7 Å². The molecule has 4 nitrogen and oxygen atoms in total. The molecule has 0 saturated carbocycles. The van der Waals surface area contributed by atoms with Gasteiger partial charge < -0.3 is 9.73 Å². The Morgan fingerprint density at radius 3 is 1.88 bits per heavy atom. The number of nitrogens with one attached hydrogen (secondary N) is 1. The zero-order valence-electron chi connectivity index (χ0n) is 34.5. The molecule has 0 aliphatic carbocycles. The summed E-state index contributed by atoms with van der Waals surface area (Å²) >= 11 is 1.84. The highest BCUT2D eigenvalue weighted by molar-refractivity contribution is 7.25. The van der Waals surface area contributed by atoms with E-state index in [1.54, 1.807) is 0 Å². The van der Waals surface area contributed by atoms with Crippen molar-refractivity contribution in [2.45, 2.75) is 6.17 Å². The largest absolute Gasteiger partial charge is 0.455 e. The van der Waals surface area contributed by atoms with Gasteiger partial charge in [0.15, 0.2) is 5.84 Å². The van der Waals surface area contributed by atoms with Gasteiger partial charge in [-0.05, 0) is 103 Å². The molecule has 5 heteroatoms. The maximum absolute atomic E-state index is 6.79. The molecule has 1 N–H and O–H groups in total. The highest BCUT2D eigenvalue weighted by Gasteiger charge is 2.23. The van der Waals surface area contributed by atoms with Crippen molar-refractivity contribution in [3.05, 3.63) is 229 Å². The average Bonchev–Trinajstić information content (AvgIpc) is 3.95. The SMILES string of the molecule is c1cc(C2=NC(c3ccc4ccccc4c3)=NC(c3ccc(-c4ccc5ccccc5c4)cc3)N2)cc(-c2ccc(-c3ccc4sc5ccccc5c4c3)c3oc4ccccc4c23)c1. The van der Waals surface area contributed by atoms with Crippen LogP contribution in [0, 0.1) is 0 Å². The van der Waals surface area contributed by atoms with Crippen LogP contribution in [-0.4, -0.2) is 11.7 Å². The molecule has 12 aromatic rings. The van der Waals surface area contributed by atoms with Crippen molar-refractivity contribution in [3.63, 3.8) is 0 Å². The maximum Gasteiger partial charge on any atom is 0.159 e. The molecule has 0 radical (unpaired) electrons. The predicted molar refractivity (Wildman–Crippen MR) is 270 cm³/mol. The molecule has 3 heterocycles. The number of aliphatic imine (C=N–C) groups is 2. The molecule has 0 bridgehead atoms. The molecule has 1 aliphatic heterocycles. The summed E-state index contributed by atoms with van der Waals surface area (Å²) in [5, 5.41) is 13.3. The second-order valence-electron chi connectivity index (χ2n) is 16.6. The fourth-order valence-electron chi connectivity index (χ4n) is 9.47. The van der Waals surface area contributed by atoms with Crippen molar-refractivity contribution in [2.75, 3.05) is 0 Å². The van der Waals surface area contributed by atoms with Gasteiger partial charge in [0.05, 0.1) is 0 Å². The summed E-state index contributed by atoms with van der Waals surface area (Å²) in [5.41, 5.74) is 11.5. The van der Waals surface area contributed by atoms with Crippen LogP contribution in [0.5, 0.6) is 0 Å². The Bertz CT molecular complexity index is 3890. The molecule has 13 rings (SSSR count). The molecule has 0 amide bonds. The Morgan fingerprint density at radius 1 is 0.422 bits per heavy atom. The molecule has 0 saturated heterocycles. The molecule has 64 heavy (non-hydrogen) atoms. The van der Waals surface area contributed by atoms with Crippen LogP contribution >= 0.6 is 11.3 Å². The Morgan fingerprint density at radius 2 is 1.05 bits per heavy atom. The molecule has 2 aromatic heterocycles. The first kappa shape index (κ1) is 36.5. The predicted octanol–water partition coefficient (Wildman–Crippen LogP) is 15.8. The Labute approximate surface area is 373 Å². The second kappa shape index (κ2) is 14.8. The Kier molecular flexibility index (Phi) is 8.43. The molecule has 1 unspecified atom stereocenters. The molecular formula is C59H37N3OS. The second-order valence-corrected chi connectivity index (χ2v) is 17.6. The molecule has 1 aliphatic rings. The van der Waals surface area contributed by atoms with E-state index in [0.29, 0.717) is 5.84 Å². The van der Waals surface area contributed by atoms with E-state index >= 15 is 0 Å². The molecule has 300 valence electrons. The van der Waals surface area contributed by atoms with E-state index in [-0.39, 0.29) is 6.17 Å². The first-order chi connectivity index (χ1) is 31.7. The van der Waals surface area contributed by atoms with E-state index in [1.165, 1.54) is 41.9 Å².